The van der Waals surface area contributed by atoms with Crippen molar-refractivity contribution in [1.29, 1.82) is 0 Å². The topological polar surface area (TPSA) is 137 Å². The predicted octanol–water partition coefficient (Wildman–Crippen LogP) is 0.247. The SMILES string of the molecule is CC[C@@H](NC(=O)NC1CCN(c2ccc(C=NN)cc2)C1=O)C(=O)O. The van der Waals surface area contributed by atoms with Gasteiger partial charge in [0.1, 0.15) is 12.1 Å². The number of carboxylic acids is 1. The fraction of sp³-hybridized carbons (Fsp3) is 0.375. The molecule has 1 heterocycles. The molecule has 9 heteroatoms. The summed E-state index contributed by atoms with van der Waals surface area (Å²) < 4.78 is 0. The molecule has 1 aromatic carbocycles. The minimum Gasteiger partial charge on any atom is -0.480 e. The van der Waals surface area contributed by atoms with E-state index in [1.54, 1.807) is 36.1 Å². The van der Waals surface area contributed by atoms with E-state index in [9.17, 15) is 14.4 Å². The summed E-state index contributed by atoms with van der Waals surface area (Å²) in [5, 5.41) is 17.3. The molecule has 134 valence electrons. The van der Waals surface area contributed by atoms with Gasteiger partial charge in [-0.25, -0.2) is 9.59 Å². The van der Waals surface area contributed by atoms with Gasteiger partial charge in [-0.05, 0) is 30.5 Å². The quantitative estimate of drug-likeness (QED) is 0.332. The summed E-state index contributed by atoms with van der Waals surface area (Å²) in [5.41, 5.74) is 1.52. The molecule has 0 spiro atoms. The molecule has 1 saturated heterocycles. The van der Waals surface area contributed by atoms with Gasteiger partial charge in [0.05, 0.1) is 6.21 Å². The Morgan fingerprint density at radius 3 is 2.68 bits per heavy atom. The van der Waals surface area contributed by atoms with Gasteiger partial charge in [-0.15, -0.1) is 0 Å². The second kappa shape index (κ2) is 8.13. The highest BCUT2D eigenvalue weighted by Gasteiger charge is 2.34. The van der Waals surface area contributed by atoms with E-state index in [2.05, 4.69) is 15.7 Å². The van der Waals surface area contributed by atoms with Crippen LogP contribution >= 0.6 is 0 Å². The molecule has 1 unspecified atom stereocenters. The van der Waals surface area contributed by atoms with Crippen LogP contribution in [0.1, 0.15) is 25.3 Å². The Balaban J connectivity index is 1.96. The van der Waals surface area contributed by atoms with E-state index in [-0.39, 0.29) is 12.3 Å². The van der Waals surface area contributed by atoms with Gasteiger partial charge < -0.3 is 26.5 Å². The summed E-state index contributed by atoms with van der Waals surface area (Å²) >= 11 is 0. The van der Waals surface area contributed by atoms with E-state index in [1.165, 1.54) is 6.21 Å². The Labute approximate surface area is 144 Å². The largest absolute Gasteiger partial charge is 0.480 e. The number of hydrogen-bond donors (Lipinski definition) is 4. The van der Waals surface area contributed by atoms with Gasteiger partial charge in [-0.3, -0.25) is 4.79 Å². The molecule has 1 aliphatic heterocycles. The zero-order valence-corrected chi connectivity index (χ0v) is 13.8. The predicted molar refractivity (Wildman–Crippen MR) is 92.4 cm³/mol. The minimum atomic E-state index is -1.11. The molecule has 2 atom stereocenters. The fourth-order valence-corrected chi connectivity index (χ4v) is 2.59. The maximum atomic E-state index is 12.5. The van der Waals surface area contributed by atoms with Crippen molar-refractivity contribution in [1.82, 2.24) is 10.6 Å². The first-order valence-electron chi connectivity index (χ1n) is 7.90. The van der Waals surface area contributed by atoms with Crippen molar-refractivity contribution in [3.8, 4) is 0 Å². The lowest BCUT2D eigenvalue weighted by atomic mass is 10.2. The Morgan fingerprint density at radius 1 is 1.44 bits per heavy atom. The molecule has 0 radical (unpaired) electrons. The number of carbonyl (C=O) groups is 3. The van der Waals surface area contributed by atoms with Crippen molar-refractivity contribution < 1.29 is 19.5 Å². The van der Waals surface area contributed by atoms with Gasteiger partial charge in [0.25, 0.3) is 0 Å². The number of nitrogens with two attached hydrogens (primary N) is 1. The van der Waals surface area contributed by atoms with Gasteiger partial charge in [-0.2, -0.15) is 5.10 Å². The van der Waals surface area contributed by atoms with Crippen LogP contribution in [-0.4, -0.2) is 47.9 Å². The van der Waals surface area contributed by atoms with Crippen LogP contribution in [0.15, 0.2) is 29.4 Å². The highest BCUT2D eigenvalue weighted by Crippen LogP contribution is 2.21. The Hall–Kier alpha value is -3.10. The third kappa shape index (κ3) is 4.46. The summed E-state index contributed by atoms with van der Waals surface area (Å²) in [7, 11) is 0. The molecule has 1 aliphatic rings. The molecular formula is C16H21N5O4. The van der Waals surface area contributed by atoms with Gasteiger partial charge in [-0.1, -0.05) is 19.1 Å². The monoisotopic (exact) mass is 347 g/mol. The number of hydrazone groups is 1. The van der Waals surface area contributed by atoms with Crippen LogP contribution in [0.2, 0.25) is 0 Å². The van der Waals surface area contributed by atoms with E-state index in [4.69, 9.17) is 10.9 Å². The molecular weight excluding hydrogens is 326 g/mol. The first kappa shape index (κ1) is 18.2. The van der Waals surface area contributed by atoms with Crippen LogP contribution in [0.3, 0.4) is 0 Å². The molecule has 2 rings (SSSR count). The second-order valence-electron chi connectivity index (χ2n) is 5.62. The van der Waals surface area contributed by atoms with E-state index in [0.717, 1.165) is 5.56 Å². The first-order valence-corrected chi connectivity index (χ1v) is 7.90. The van der Waals surface area contributed by atoms with Crippen molar-refractivity contribution in [2.24, 2.45) is 10.9 Å². The van der Waals surface area contributed by atoms with Gasteiger partial charge in [0.15, 0.2) is 0 Å². The second-order valence-corrected chi connectivity index (χ2v) is 5.62. The highest BCUT2D eigenvalue weighted by atomic mass is 16.4. The Bertz CT molecular complexity index is 674. The molecule has 9 nitrogen and oxygen atoms in total. The van der Waals surface area contributed by atoms with Gasteiger partial charge in [0.2, 0.25) is 5.91 Å². The number of anilines is 1. The van der Waals surface area contributed by atoms with Crippen LogP contribution in [0.5, 0.6) is 0 Å². The summed E-state index contributed by atoms with van der Waals surface area (Å²) in [6.45, 7) is 2.12. The molecule has 0 saturated carbocycles. The number of nitrogens with one attached hydrogen (secondary N) is 2. The van der Waals surface area contributed by atoms with Crippen LogP contribution < -0.4 is 21.4 Å². The van der Waals surface area contributed by atoms with Crippen LogP contribution in [-0.2, 0) is 9.59 Å². The Kier molecular flexibility index (Phi) is 5.93. The number of rotatable bonds is 6. The van der Waals surface area contributed by atoms with Crippen molar-refractivity contribution in [3.63, 3.8) is 0 Å². The average molecular weight is 347 g/mol. The number of nitrogens with zero attached hydrogens (tertiary/aromatic N) is 2. The normalized spacial score (nSPS) is 18.4. The molecule has 0 aromatic heterocycles. The number of amides is 3. The zero-order chi connectivity index (χ0) is 18.4. The van der Waals surface area contributed by atoms with Crippen molar-refractivity contribution in [3.05, 3.63) is 29.8 Å². The lowest BCUT2D eigenvalue weighted by Crippen LogP contribution is -2.50. The number of carbonyl (C=O) groups excluding carboxylic acids is 2. The molecule has 1 aromatic rings. The van der Waals surface area contributed by atoms with Crippen LogP contribution in [0.4, 0.5) is 10.5 Å². The van der Waals surface area contributed by atoms with E-state index in [1.807, 2.05) is 0 Å². The maximum absolute atomic E-state index is 12.5. The zero-order valence-electron chi connectivity index (χ0n) is 13.8. The summed E-state index contributed by atoms with van der Waals surface area (Å²) in [5.74, 6) is 3.74. The van der Waals surface area contributed by atoms with Crippen LogP contribution in [0, 0.1) is 0 Å². The third-order valence-electron chi connectivity index (χ3n) is 3.95. The number of hydrogen-bond acceptors (Lipinski definition) is 5. The van der Waals surface area contributed by atoms with E-state index >= 15 is 0 Å². The van der Waals surface area contributed by atoms with Crippen molar-refractivity contribution in [2.45, 2.75) is 31.8 Å². The van der Waals surface area contributed by atoms with Gasteiger partial charge in [0, 0.05) is 12.2 Å². The molecule has 0 aliphatic carbocycles. The lowest BCUT2D eigenvalue weighted by Gasteiger charge is -2.18. The molecule has 3 amide bonds. The standard InChI is InChI=1S/C16H21N5O4/c1-2-12(15(23)24)19-16(25)20-13-7-8-21(14(13)22)11-5-3-10(4-6-11)9-18-17/h3-6,9,12-13H,2,7-8,17H2,1H3,(H,23,24)(H2,19,20,25)/t12-,13?/m1/s1. The number of carboxylic acid groups (broad SMARTS) is 1. The molecule has 1 fully saturated rings. The first-order chi connectivity index (χ1) is 12.0. The highest BCUT2D eigenvalue weighted by molar-refractivity contribution is 6.01. The number of aliphatic carboxylic acids is 1. The molecule has 0 bridgehead atoms. The summed E-state index contributed by atoms with van der Waals surface area (Å²) in [6.07, 6.45) is 2.20. The fourth-order valence-electron chi connectivity index (χ4n) is 2.59. The third-order valence-corrected chi connectivity index (χ3v) is 3.95. The van der Waals surface area contributed by atoms with Crippen molar-refractivity contribution >= 4 is 29.8 Å². The smallest absolute Gasteiger partial charge is 0.326 e. The van der Waals surface area contributed by atoms with E-state index < -0.39 is 24.1 Å². The minimum absolute atomic E-state index is 0.237. The van der Waals surface area contributed by atoms with Crippen molar-refractivity contribution in [2.75, 3.05) is 11.4 Å². The maximum Gasteiger partial charge on any atom is 0.326 e. The molecule has 25 heavy (non-hydrogen) atoms. The van der Waals surface area contributed by atoms with Gasteiger partial charge >= 0.3 is 12.0 Å². The molecule has 5 N–H and O–H groups in total. The number of urea groups is 1. The Morgan fingerprint density at radius 2 is 2.12 bits per heavy atom. The average Bonchev–Trinajstić information content (AvgIpc) is 2.94. The lowest BCUT2D eigenvalue weighted by molar-refractivity contribution is -0.139. The summed E-state index contributed by atoms with van der Waals surface area (Å²) in [6, 6.07) is 4.78. The summed E-state index contributed by atoms with van der Waals surface area (Å²) in [4.78, 5) is 36.9. The van der Waals surface area contributed by atoms with E-state index in [0.29, 0.717) is 18.7 Å². The number of benzene rings is 1. The van der Waals surface area contributed by atoms with Crippen LogP contribution in [0.25, 0.3) is 0 Å².